The van der Waals surface area contributed by atoms with Crippen molar-refractivity contribution in [1.29, 1.82) is 0 Å². The maximum absolute atomic E-state index is 11.1. The summed E-state index contributed by atoms with van der Waals surface area (Å²) < 4.78 is 0. The number of halogens is 1. The van der Waals surface area contributed by atoms with Crippen LogP contribution in [0, 0.1) is 10.1 Å². The Labute approximate surface area is 124 Å². The lowest BCUT2D eigenvalue weighted by Crippen LogP contribution is -2.44. The molecule has 0 amide bonds. The van der Waals surface area contributed by atoms with E-state index < -0.39 is 0 Å². The van der Waals surface area contributed by atoms with Gasteiger partial charge in [-0.25, -0.2) is 0 Å². The van der Waals surface area contributed by atoms with Gasteiger partial charge in [-0.1, -0.05) is 18.0 Å². The Morgan fingerprint density at radius 1 is 1.50 bits per heavy atom. The number of hydrogen-bond acceptors (Lipinski definition) is 4. The lowest BCUT2D eigenvalue weighted by molar-refractivity contribution is -0.385. The zero-order chi connectivity index (χ0) is 14.5. The van der Waals surface area contributed by atoms with Crippen LogP contribution in [0.3, 0.4) is 0 Å². The summed E-state index contributed by atoms with van der Waals surface area (Å²) >= 11 is 5.85. The third-order valence-electron chi connectivity index (χ3n) is 3.81. The molecule has 0 saturated carbocycles. The third kappa shape index (κ3) is 3.69. The Balaban J connectivity index is 2.17. The zero-order valence-electron chi connectivity index (χ0n) is 11.6. The minimum Gasteiger partial charge on any atom is -0.318 e. The van der Waals surface area contributed by atoms with Crippen molar-refractivity contribution in [2.75, 3.05) is 20.1 Å². The molecule has 20 heavy (non-hydrogen) atoms. The number of nitrogens with one attached hydrogen (secondary N) is 1. The largest absolute Gasteiger partial charge is 0.318 e. The van der Waals surface area contributed by atoms with Crippen LogP contribution in [-0.2, 0) is 6.54 Å². The lowest BCUT2D eigenvalue weighted by atomic mass is 10.0. The molecule has 1 saturated heterocycles. The number of hydrogen-bond donors (Lipinski definition) is 1. The van der Waals surface area contributed by atoms with E-state index in [0.29, 0.717) is 17.6 Å². The second-order valence-electron chi connectivity index (χ2n) is 5.21. The van der Waals surface area contributed by atoms with E-state index in [1.54, 1.807) is 12.1 Å². The van der Waals surface area contributed by atoms with E-state index in [9.17, 15) is 10.1 Å². The van der Waals surface area contributed by atoms with Crippen LogP contribution >= 0.6 is 11.6 Å². The summed E-state index contributed by atoms with van der Waals surface area (Å²) in [6.07, 6.45) is 3.52. The Morgan fingerprint density at radius 2 is 2.30 bits per heavy atom. The molecular weight excluding hydrogens is 278 g/mol. The molecule has 0 aromatic heterocycles. The van der Waals surface area contributed by atoms with Crippen molar-refractivity contribution in [2.45, 2.75) is 31.8 Å². The summed E-state index contributed by atoms with van der Waals surface area (Å²) in [6.45, 7) is 2.52. The molecule has 0 aliphatic carbocycles. The quantitative estimate of drug-likeness (QED) is 0.671. The van der Waals surface area contributed by atoms with Gasteiger partial charge in [0.15, 0.2) is 0 Å². The molecule has 1 aromatic carbocycles. The molecule has 1 fully saturated rings. The first kappa shape index (κ1) is 15.2. The molecule has 6 heteroatoms. The Kier molecular flexibility index (Phi) is 5.34. The number of piperidine rings is 1. The van der Waals surface area contributed by atoms with Crippen molar-refractivity contribution in [3.8, 4) is 0 Å². The fourth-order valence-corrected chi connectivity index (χ4v) is 2.96. The van der Waals surface area contributed by atoms with E-state index in [1.807, 2.05) is 7.05 Å². The highest BCUT2D eigenvalue weighted by molar-refractivity contribution is 6.30. The predicted molar refractivity (Wildman–Crippen MR) is 80.1 cm³/mol. The van der Waals surface area contributed by atoms with Crippen molar-refractivity contribution >= 4 is 17.3 Å². The molecule has 1 aliphatic heterocycles. The van der Waals surface area contributed by atoms with Crippen molar-refractivity contribution in [3.05, 3.63) is 38.9 Å². The number of benzene rings is 1. The van der Waals surface area contributed by atoms with Gasteiger partial charge in [0.1, 0.15) is 0 Å². The fourth-order valence-electron chi connectivity index (χ4n) is 2.79. The standard InChI is InChI=1S/C14H20ClN3O2/c1-16-9-13-4-2-3-7-17(13)10-11-5-6-12(15)8-14(11)18(19)20/h5-6,8,13,16H,2-4,7,9-10H2,1H3. The van der Waals surface area contributed by atoms with Crippen LogP contribution in [-0.4, -0.2) is 36.0 Å². The normalized spacial score (nSPS) is 20.0. The van der Waals surface area contributed by atoms with Gasteiger partial charge in [-0.3, -0.25) is 15.0 Å². The van der Waals surface area contributed by atoms with Crippen LogP contribution in [0.4, 0.5) is 5.69 Å². The van der Waals surface area contributed by atoms with E-state index in [0.717, 1.165) is 31.5 Å². The number of rotatable bonds is 5. The summed E-state index contributed by atoms with van der Waals surface area (Å²) in [5.41, 5.74) is 0.855. The first-order chi connectivity index (χ1) is 9.61. The van der Waals surface area contributed by atoms with Gasteiger partial charge >= 0.3 is 0 Å². The molecule has 1 heterocycles. The van der Waals surface area contributed by atoms with Gasteiger partial charge < -0.3 is 5.32 Å². The molecule has 1 atom stereocenters. The lowest BCUT2D eigenvalue weighted by Gasteiger charge is -2.35. The molecule has 1 N–H and O–H groups in total. The molecule has 1 aromatic rings. The molecule has 110 valence electrons. The van der Waals surface area contributed by atoms with Crippen LogP contribution in [0.25, 0.3) is 0 Å². The van der Waals surface area contributed by atoms with Crippen molar-refractivity contribution in [3.63, 3.8) is 0 Å². The van der Waals surface area contributed by atoms with Crippen LogP contribution in [0.2, 0.25) is 5.02 Å². The van der Waals surface area contributed by atoms with Gasteiger partial charge in [-0.15, -0.1) is 0 Å². The second-order valence-corrected chi connectivity index (χ2v) is 5.64. The van der Waals surface area contributed by atoms with Crippen LogP contribution in [0.5, 0.6) is 0 Å². The maximum atomic E-state index is 11.1. The van der Waals surface area contributed by atoms with Gasteiger partial charge in [0, 0.05) is 35.8 Å². The fraction of sp³-hybridized carbons (Fsp3) is 0.571. The highest BCUT2D eigenvalue weighted by Gasteiger charge is 2.24. The average Bonchev–Trinajstić information content (AvgIpc) is 2.43. The van der Waals surface area contributed by atoms with Gasteiger partial charge in [-0.2, -0.15) is 0 Å². The average molecular weight is 298 g/mol. The van der Waals surface area contributed by atoms with Crippen LogP contribution < -0.4 is 5.32 Å². The predicted octanol–water partition coefficient (Wildman–Crippen LogP) is 2.82. The van der Waals surface area contributed by atoms with Crippen molar-refractivity contribution in [2.24, 2.45) is 0 Å². The van der Waals surface area contributed by atoms with Gasteiger partial charge in [0.2, 0.25) is 0 Å². The molecule has 0 radical (unpaired) electrons. The highest BCUT2D eigenvalue weighted by Crippen LogP contribution is 2.27. The monoisotopic (exact) mass is 297 g/mol. The minimum absolute atomic E-state index is 0.117. The first-order valence-corrected chi connectivity index (χ1v) is 7.31. The molecule has 2 rings (SSSR count). The first-order valence-electron chi connectivity index (χ1n) is 6.93. The summed E-state index contributed by atoms with van der Waals surface area (Å²) in [5.74, 6) is 0. The molecule has 1 unspecified atom stereocenters. The molecular formula is C14H20ClN3O2. The number of nitro benzene ring substituents is 1. The third-order valence-corrected chi connectivity index (χ3v) is 4.04. The summed E-state index contributed by atoms with van der Waals surface area (Å²) in [7, 11) is 1.94. The van der Waals surface area contributed by atoms with E-state index in [-0.39, 0.29) is 10.6 Å². The van der Waals surface area contributed by atoms with Crippen molar-refractivity contribution < 1.29 is 4.92 Å². The second kappa shape index (κ2) is 7.02. The number of likely N-dealkylation sites (tertiary alicyclic amines) is 1. The summed E-state index contributed by atoms with van der Waals surface area (Å²) in [5, 5.41) is 14.8. The molecule has 0 bridgehead atoms. The zero-order valence-corrected chi connectivity index (χ0v) is 12.4. The maximum Gasteiger partial charge on any atom is 0.275 e. The van der Waals surface area contributed by atoms with Gasteiger partial charge in [0.05, 0.1) is 4.92 Å². The van der Waals surface area contributed by atoms with Crippen molar-refractivity contribution in [1.82, 2.24) is 10.2 Å². The number of nitrogens with zero attached hydrogens (tertiary/aromatic N) is 2. The van der Waals surface area contributed by atoms with Gasteiger partial charge in [0.25, 0.3) is 5.69 Å². The summed E-state index contributed by atoms with van der Waals surface area (Å²) in [4.78, 5) is 13.1. The Bertz CT molecular complexity index is 479. The summed E-state index contributed by atoms with van der Waals surface area (Å²) in [6, 6.07) is 5.38. The minimum atomic E-state index is -0.349. The van der Waals surface area contributed by atoms with Gasteiger partial charge in [-0.05, 0) is 38.6 Å². The van der Waals surface area contributed by atoms with E-state index in [1.165, 1.54) is 12.5 Å². The topological polar surface area (TPSA) is 58.4 Å². The van der Waals surface area contributed by atoms with E-state index >= 15 is 0 Å². The van der Waals surface area contributed by atoms with Crippen LogP contribution in [0.15, 0.2) is 18.2 Å². The molecule has 5 nitrogen and oxygen atoms in total. The van der Waals surface area contributed by atoms with Crippen LogP contribution in [0.1, 0.15) is 24.8 Å². The highest BCUT2D eigenvalue weighted by atomic mass is 35.5. The number of likely N-dealkylation sites (N-methyl/N-ethyl adjacent to an activating group) is 1. The Morgan fingerprint density at radius 3 is 3.00 bits per heavy atom. The van der Waals surface area contributed by atoms with E-state index in [4.69, 9.17) is 11.6 Å². The number of nitro groups is 1. The molecule has 0 spiro atoms. The van der Waals surface area contributed by atoms with E-state index in [2.05, 4.69) is 10.2 Å². The molecule has 1 aliphatic rings. The SMILES string of the molecule is CNCC1CCCCN1Cc1ccc(Cl)cc1[N+](=O)[O-]. The Hall–Kier alpha value is -1.17. The smallest absolute Gasteiger partial charge is 0.275 e.